The molecule has 1 amide bonds. The zero-order chi connectivity index (χ0) is 20.7. The van der Waals surface area contributed by atoms with E-state index in [4.69, 9.17) is 9.47 Å². The summed E-state index contributed by atoms with van der Waals surface area (Å²) in [6.45, 7) is 1.24. The van der Waals surface area contributed by atoms with Gasteiger partial charge < -0.3 is 14.8 Å². The number of nitrogens with zero attached hydrogens (tertiary/aromatic N) is 1. The average Bonchev–Trinajstić information content (AvgIpc) is 2.74. The fourth-order valence-corrected chi connectivity index (χ4v) is 4.37. The Hall–Kier alpha value is -2.49. The molecule has 0 radical (unpaired) electrons. The number of ether oxygens (including phenoxy) is 2. The highest BCUT2D eigenvalue weighted by atomic mass is 32.2. The number of rotatable bonds is 8. The van der Waals surface area contributed by atoms with Gasteiger partial charge in [0.1, 0.15) is 16.5 Å². The maximum atomic E-state index is 14.2. The lowest BCUT2D eigenvalue weighted by atomic mass is 10.2. The first-order chi connectivity index (χ1) is 14.0. The molecule has 0 aliphatic carbocycles. The molecule has 1 saturated heterocycles. The van der Waals surface area contributed by atoms with E-state index >= 15 is 0 Å². The fraction of sp³-hybridized carbons (Fsp3) is 0.350. The first-order valence-corrected chi connectivity index (χ1v) is 10.8. The molecular formula is C20H23FN2O5S. The minimum absolute atomic E-state index is 0.166. The Labute approximate surface area is 169 Å². The molecule has 2 aromatic rings. The molecule has 1 aliphatic rings. The summed E-state index contributed by atoms with van der Waals surface area (Å²) in [5.74, 6) is -0.432. The van der Waals surface area contributed by atoms with Gasteiger partial charge in [0.25, 0.3) is 0 Å². The molecule has 1 fully saturated rings. The number of benzene rings is 2. The SMILES string of the molecule is O=C(CCCOc1ccccc1)Nc1ccc(F)c(S(=O)(=O)N2CCOCC2)c1. The number of sulfonamides is 1. The number of para-hydroxylation sites is 1. The zero-order valence-corrected chi connectivity index (χ0v) is 16.7. The summed E-state index contributed by atoms with van der Waals surface area (Å²) in [6, 6.07) is 12.8. The third-order valence-corrected chi connectivity index (χ3v) is 6.28. The van der Waals surface area contributed by atoms with E-state index in [9.17, 15) is 17.6 Å². The van der Waals surface area contributed by atoms with Crippen LogP contribution in [0.3, 0.4) is 0 Å². The van der Waals surface area contributed by atoms with Crippen LogP contribution in [0.15, 0.2) is 53.4 Å². The van der Waals surface area contributed by atoms with Gasteiger partial charge in [0.2, 0.25) is 15.9 Å². The predicted molar refractivity (Wildman–Crippen MR) is 106 cm³/mol. The van der Waals surface area contributed by atoms with E-state index < -0.39 is 20.7 Å². The van der Waals surface area contributed by atoms with Gasteiger partial charge in [-0.05, 0) is 36.8 Å². The summed E-state index contributed by atoms with van der Waals surface area (Å²) in [4.78, 5) is 11.7. The van der Waals surface area contributed by atoms with Crippen LogP contribution < -0.4 is 10.1 Å². The normalized spacial score (nSPS) is 15.1. The van der Waals surface area contributed by atoms with Crippen molar-refractivity contribution in [2.45, 2.75) is 17.7 Å². The summed E-state index contributed by atoms with van der Waals surface area (Å²) < 4.78 is 51.4. The van der Waals surface area contributed by atoms with Crippen LogP contribution in [0.5, 0.6) is 5.75 Å². The van der Waals surface area contributed by atoms with Gasteiger partial charge in [0.05, 0.1) is 19.8 Å². The molecule has 9 heteroatoms. The molecule has 0 spiro atoms. The molecule has 0 atom stereocenters. The summed E-state index contributed by atoms with van der Waals surface area (Å²) in [5, 5.41) is 2.61. The third-order valence-electron chi connectivity index (χ3n) is 4.36. The van der Waals surface area contributed by atoms with Crippen LogP contribution in [0.1, 0.15) is 12.8 Å². The van der Waals surface area contributed by atoms with Gasteiger partial charge in [-0.15, -0.1) is 0 Å². The lowest BCUT2D eigenvalue weighted by Crippen LogP contribution is -2.40. The van der Waals surface area contributed by atoms with Crippen LogP contribution in [0.2, 0.25) is 0 Å². The van der Waals surface area contributed by atoms with E-state index in [1.165, 1.54) is 10.4 Å². The number of carbonyl (C=O) groups excluding carboxylic acids is 1. The molecule has 0 bridgehead atoms. The first kappa shape index (κ1) is 21.2. The van der Waals surface area contributed by atoms with E-state index in [1.807, 2.05) is 30.3 Å². The molecule has 0 aromatic heterocycles. The van der Waals surface area contributed by atoms with Crippen LogP contribution in [0.25, 0.3) is 0 Å². The minimum atomic E-state index is -4.00. The Bertz CT molecular complexity index is 931. The van der Waals surface area contributed by atoms with E-state index in [2.05, 4.69) is 5.32 Å². The Morgan fingerprint density at radius 2 is 1.86 bits per heavy atom. The second kappa shape index (κ2) is 9.82. The highest BCUT2D eigenvalue weighted by Gasteiger charge is 2.29. The van der Waals surface area contributed by atoms with Crippen molar-refractivity contribution in [2.24, 2.45) is 0 Å². The van der Waals surface area contributed by atoms with Crippen molar-refractivity contribution in [1.29, 1.82) is 0 Å². The molecule has 156 valence electrons. The van der Waals surface area contributed by atoms with E-state index in [1.54, 1.807) is 0 Å². The summed E-state index contributed by atoms with van der Waals surface area (Å²) in [5.41, 5.74) is 0.229. The molecule has 1 aliphatic heterocycles. The highest BCUT2D eigenvalue weighted by Crippen LogP contribution is 2.24. The monoisotopic (exact) mass is 422 g/mol. The van der Waals surface area contributed by atoms with Crippen LogP contribution in [0.4, 0.5) is 10.1 Å². The number of nitrogens with one attached hydrogen (secondary N) is 1. The Morgan fingerprint density at radius 3 is 2.59 bits per heavy atom. The number of hydrogen-bond donors (Lipinski definition) is 1. The van der Waals surface area contributed by atoms with Gasteiger partial charge in [-0.1, -0.05) is 18.2 Å². The second-order valence-corrected chi connectivity index (χ2v) is 8.38. The maximum Gasteiger partial charge on any atom is 0.246 e. The maximum absolute atomic E-state index is 14.2. The first-order valence-electron chi connectivity index (χ1n) is 9.32. The van der Waals surface area contributed by atoms with Crippen molar-refractivity contribution in [3.8, 4) is 5.75 Å². The van der Waals surface area contributed by atoms with Crippen molar-refractivity contribution in [3.63, 3.8) is 0 Å². The second-order valence-electron chi connectivity index (χ2n) is 6.47. The standard InChI is InChI=1S/C20H23FN2O5S/c21-18-9-8-16(15-19(18)29(25,26)23-10-13-27-14-11-23)22-20(24)7-4-12-28-17-5-2-1-3-6-17/h1-3,5-6,8-9,15H,4,7,10-14H2,(H,22,24). The van der Waals surface area contributed by atoms with E-state index in [-0.39, 0.29) is 44.3 Å². The summed E-state index contributed by atoms with van der Waals surface area (Å²) in [6.07, 6.45) is 0.677. The van der Waals surface area contributed by atoms with Crippen LogP contribution in [-0.2, 0) is 19.6 Å². The molecule has 1 heterocycles. The molecule has 29 heavy (non-hydrogen) atoms. The van der Waals surface area contributed by atoms with E-state index in [0.29, 0.717) is 13.0 Å². The lowest BCUT2D eigenvalue weighted by molar-refractivity contribution is -0.116. The zero-order valence-electron chi connectivity index (χ0n) is 15.8. The molecular weight excluding hydrogens is 399 g/mol. The number of amides is 1. The van der Waals surface area contributed by atoms with Crippen LogP contribution in [0, 0.1) is 5.82 Å². The molecule has 0 unspecified atom stereocenters. The van der Waals surface area contributed by atoms with Crippen molar-refractivity contribution < 1.29 is 27.1 Å². The Morgan fingerprint density at radius 1 is 1.14 bits per heavy atom. The van der Waals surface area contributed by atoms with Crippen LogP contribution >= 0.6 is 0 Å². The van der Waals surface area contributed by atoms with E-state index in [0.717, 1.165) is 17.9 Å². The van der Waals surface area contributed by atoms with Gasteiger partial charge in [-0.3, -0.25) is 4.79 Å². The van der Waals surface area contributed by atoms with Gasteiger partial charge >= 0.3 is 0 Å². The largest absolute Gasteiger partial charge is 0.494 e. The number of hydrogen-bond acceptors (Lipinski definition) is 5. The quantitative estimate of drug-likeness (QED) is 0.661. The van der Waals surface area contributed by atoms with Crippen molar-refractivity contribution >= 4 is 21.6 Å². The topological polar surface area (TPSA) is 84.9 Å². The predicted octanol–water partition coefficient (Wildman–Crippen LogP) is 2.64. The van der Waals surface area contributed by atoms with Crippen molar-refractivity contribution in [3.05, 3.63) is 54.3 Å². The number of halogens is 1. The fourth-order valence-electron chi connectivity index (χ4n) is 2.87. The molecule has 3 rings (SSSR count). The number of morpholine rings is 1. The third kappa shape index (κ3) is 5.75. The highest BCUT2D eigenvalue weighted by molar-refractivity contribution is 7.89. The number of carbonyl (C=O) groups is 1. The van der Waals surface area contributed by atoms with Crippen molar-refractivity contribution in [1.82, 2.24) is 4.31 Å². The molecule has 1 N–H and O–H groups in total. The van der Waals surface area contributed by atoms with Crippen molar-refractivity contribution in [2.75, 3.05) is 38.2 Å². The summed E-state index contributed by atoms with van der Waals surface area (Å²) >= 11 is 0. The molecule has 7 nitrogen and oxygen atoms in total. The smallest absolute Gasteiger partial charge is 0.246 e. The molecule has 2 aromatic carbocycles. The molecule has 0 saturated carbocycles. The number of anilines is 1. The van der Waals surface area contributed by atoms with Crippen LogP contribution in [-0.4, -0.2) is 51.5 Å². The lowest BCUT2D eigenvalue weighted by Gasteiger charge is -2.26. The van der Waals surface area contributed by atoms with Gasteiger partial charge in [-0.2, -0.15) is 4.31 Å². The summed E-state index contributed by atoms with van der Waals surface area (Å²) in [7, 11) is -4.00. The Kier molecular flexibility index (Phi) is 7.18. The van der Waals surface area contributed by atoms with Gasteiger partial charge in [0, 0.05) is 25.2 Å². The Balaban J connectivity index is 1.57. The minimum Gasteiger partial charge on any atom is -0.494 e. The van der Waals surface area contributed by atoms with Gasteiger partial charge in [-0.25, -0.2) is 12.8 Å². The van der Waals surface area contributed by atoms with Gasteiger partial charge in [0.15, 0.2) is 0 Å². The average molecular weight is 422 g/mol.